The van der Waals surface area contributed by atoms with Crippen molar-refractivity contribution in [3.05, 3.63) is 45.4 Å². The zero-order chi connectivity index (χ0) is 14.5. The number of amides is 1. The van der Waals surface area contributed by atoms with Crippen LogP contribution in [0.5, 0.6) is 0 Å². The maximum absolute atomic E-state index is 12.0. The minimum atomic E-state index is -0.164. The summed E-state index contributed by atoms with van der Waals surface area (Å²) in [5, 5.41) is 12.4. The molecule has 1 aromatic carbocycles. The molecule has 0 unspecified atom stereocenters. The van der Waals surface area contributed by atoms with Gasteiger partial charge in [-0.1, -0.05) is 11.8 Å². The fourth-order valence-electron chi connectivity index (χ4n) is 1.68. The Hall–Kier alpha value is -2.16. The first kappa shape index (κ1) is 14.3. The largest absolute Gasteiger partial charge is 0.384 e. The van der Waals surface area contributed by atoms with E-state index < -0.39 is 0 Å². The molecule has 0 aliphatic heterocycles. The summed E-state index contributed by atoms with van der Waals surface area (Å²) in [6, 6.07) is 5.47. The highest BCUT2D eigenvalue weighted by molar-refractivity contribution is 7.13. The van der Waals surface area contributed by atoms with Crippen molar-refractivity contribution in [2.24, 2.45) is 0 Å². The molecule has 0 aliphatic rings. The predicted octanol–water partition coefficient (Wildman–Crippen LogP) is 2.36. The molecule has 0 atom stereocenters. The molecule has 4 nitrogen and oxygen atoms in total. The molecule has 1 heterocycles. The van der Waals surface area contributed by atoms with E-state index in [2.05, 4.69) is 22.1 Å². The Morgan fingerprint density at radius 1 is 1.45 bits per heavy atom. The van der Waals surface area contributed by atoms with Crippen LogP contribution in [0.15, 0.2) is 24.4 Å². The van der Waals surface area contributed by atoms with Gasteiger partial charge in [0.15, 0.2) is 0 Å². The molecule has 0 fully saturated rings. The van der Waals surface area contributed by atoms with Crippen molar-refractivity contribution >= 4 is 22.9 Å². The third-order valence-corrected chi connectivity index (χ3v) is 3.54. The predicted molar refractivity (Wildman–Crippen MR) is 79.9 cm³/mol. The summed E-state index contributed by atoms with van der Waals surface area (Å²) < 4.78 is 0. The van der Waals surface area contributed by atoms with Gasteiger partial charge in [-0.05, 0) is 37.6 Å². The second-order valence-electron chi connectivity index (χ2n) is 4.19. The molecule has 5 heteroatoms. The van der Waals surface area contributed by atoms with Crippen molar-refractivity contribution < 1.29 is 9.90 Å². The molecule has 20 heavy (non-hydrogen) atoms. The second-order valence-corrected chi connectivity index (χ2v) is 5.42. The number of aliphatic hydroxyl groups excluding tert-OH is 1. The van der Waals surface area contributed by atoms with Gasteiger partial charge in [-0.15, -0.1) is 11.3 Å². The smallest absolute Gasteiger partial charge is 0.267 e. The average molecular weight is 286 g/mol. The number of carbonyl (C=O) groups is 1. The van der Waals surface area contributed by atoms with Gasteiger partial charge in [-0.3, -0.25) is 4.79 Å². The topological polar surface area (TPSA) is 62.2 Å². The molecular formula is C15H14N2O2S. The third-order valence-electron chi connectivity index (χ3n) is 2.63. The Morgan fingerprint density at radius 3 is 2.85 bits per heavy atom. The minimum Gasteiger partial charge on any atom is -0.384 e. The first-order valence-corrected chi connectivity index (χ1v) is 6.86. The van der Waals surface area contributed by atoms with Crippen molar-refractivity contribution in [1.29, 1.82) is 0 Å². The zero-order valence-corrected chi connectivity index (χ0v) is 12.0. The highest BCUT2D eigenvalue weighted by Crippen LogP contribution is 2.17. The number of hydrogen-bond donors (Lipinski definition) is 2. The van der Waals surface area contributed by atoms with E-state index >= 15 is 0 Å². The van der Waals surface area contributed by atoms with Gasteiger partial charge in [0, 0.05) is 11.3 Å². The summed E-state index contributed by atoms with van der Waals surface area (Å²) in [5.41, 5.74) is 2.50. The van der Waals surface area contributed by atoms with Crippen molar-refractivity contribution in [2.75, 3.05) is 11.9 Å². The van der Waals surface area contributed by atoms with E-state index in [1.54, 1.807) is 12.3 Å². The van der Waals surface area contributed by atoms with Gasteiger partial charge in [0.1, 0.15) is 11.5 Å². The van der Waals surface area contributed by atoms with E-state index in [0.717, 1.165) is 16.1 Å². The SMILES string of the molecule is Cc1ncc(C(=O)Nc2ccc(C#CCO)c(C)c2)s1. The summed E-state index contributed by atoms with van der Waals surface area (Å²) in [4.78, 5) is 16.6. The summed E-state index contributed by atoms with van der Waals surface area (Å²) in [5.74, 6) is 5.30. The normalized spacial score (nSPS) is 9.75. The molecule has 102 valence electrons. The number of nitrogens with one attached hydrogen (secondary N) is 1. The molecular weight excluding hydrogens is 272 g/mol. The molecule has 2 rings (SSSR count). The molecule has 0 saturated heterocycles. The van der Waals surface area contributed by atoms with Crippen LogP contribution in [0, 0.1) is 25.7 Å². The van der Waals surface area contributed by atoms with Crippen LogP contribution in [0.1, 0.15) is 25.8 Å². The number of thiazole rings is 1. The van der Waals surface area contributed by atoms with Crippen LogP contribution in [-0.4, -0.2) is 22.6 Å². The maximum Gasteiger partial charge on any atom is 0.267 e. The van der Waals surface area contributed by atoms with Crippen LogP contribution in [0.4, 0.5) is 5.69 Å². The Bertz CT molecular complexity index is 695. The number of aromatic nitrogens is 1. The molecule has 0 bridgehead atoms. The maximum atomic E-state index is 12.0. The van der Waals surface area contributed by atoms with Gasteiger partial charge < -0.3 is 10.4 Å². The molecule has 0 spiro atoms. The quantitative estimate of drug-likeness (QED) is 0.833. The number of hydrogen-bond acceptors (Lipinski definition) is 4. The summed E-state index contributed by atoms with van der Waals surface area (Å²) >= 11 is 1.36. The summed E-state index contributed by atoms with van der Waals surface area (Å²) in [6.07, 6.45) is 1.57. The average Bonchev–Trinajstić information content (AvgIpc) is 2.85. The van der Waals surface area contributed by atoms with Crippen LogP contribution in [0.2, 0.25) is 0 Å². The molecule has 1 aromatic heterocycles. The molecule has 0 saturated carbocycles. The number of rotatable bonds is 2. The Labute approximate surface area is 121 Å². The van der Waals surface area contributed by atoms with Crippen molar-refractivity contribution in [3.8, 4) is 11.8 Å². The number of anilines is 1. The standard InChI is InChI=1S/C15H14N2O2S/c1-10-8-13(6-5-12(10)4-3-7-18)17-15(19)14-9-16-11(2)20-14/h5-6,8-9,18H,7H2,1-2H3,(H,17,19). The number of nitrogens with zero attached hydrogens (tertiary/aromatic N) is 1. The lowest BCUT2D eigenvalue weighted by atomic mass is 10.1. The highest BCUT2D eigenvalue weighted by Gasteiger charge is 2.09. The van der Waals surface area contributed by atoms with E-state index in [4.69, 9.17) is 5.11 Å². The Balaban J connectivity index is 2.14. The fourth-order valence-corrected chi connectivity index (χ4v) is 2.35. The van der Waals surface area contributed by atoms with Gasteiger partial charge in [0.2, 0.25) is 0 Å². The van der Waals surface area contributed by atoms with Gasteiger partial charge >= 0.3 is 0 Å². The lowest BCUT2D eigenvalue weighted by Gasteiger charge is -2.05. The lowest BCUT2D eigenvalue weighted by molar-refractivity contribution is 0.103. The number of carbonyl (C=O) groups excluding carboxylic acids is 1. The lowest BCUT2D eigenvalue weighted by Crippen LogP contribution is -2.10. The van der Waals surface area contributed by atoms with Crippen LogP contribution in [0.3, 0.4) is 0 Å². The van der Waals surface area contributed by atoms with Crippen LogP contribution in [0.25, 0.3) is 0 Å². The van der Waals surface area contributed by atoms with E-state index in [-0.39, 0.29) is 12.5 Å². The van der Waals surface area contributed by atoms with Gasteiger partial charge in [-0.25, -0.2) is 4.98 Å². The van der Waals surface area contributed by atoms with Crippen molar-refractivity contribution in [2.45, 2.75) is 13.8 Å². The van der Waals surface area contributed by atoms with E-state index in [9.17, 15) is 4.79 Å². The van der Waals surface area contributed by atoms with E-state index in [1.807, 2.05) is 26.0 Å². The van der Waals surface area contributed by atoms with Crippen LogP contribution >= 0.6 is 11.3 Å². The Kier molecular flexibility index (Phi) is 4.51. The van der Waals surface area contributed by atoms with Gasteiger partial charge in [-0.2, -0.15) is 0 Å². The second kappa shape index (κ2) is 6.33. The fraction of sp³-hybridized carbons (Fsp3) is 0.200. The number of aliphatic hydroxyl groups is 1. The van der Waals surface area contributed by atoms with Crippen LogP contribution in [-0.2, 0) is 0 Å². The molecule has 2 N–H and O–H groups in total. The van der Waals surface area contributed by atoms with E-state index in [1.165, 1.54) is 11.3 Å². The molecule has 2 aromatic rings. The van der Waals surface area contributed by atoms with Crippen LogP contribution < -0.4 is 5.32 Å². The summed E-state index contributed by atoms with van der Waals surface area (Å²) in [6.45, 7) is 3.61. The molecule has 0 aliphatic carbocycles. The first-order chi connectivity index (χ1) is 9.60. The highest BCUT2D eigenvalue weighted by atomic mass is 32.1. The van der Waals surface area contributed by atoms with Crippen molar-refractivity contribution in [3.63, 3.8) is 0 Å². The van der Waals surface area contributed by atoms with E-state index in [0.29, 0.717) is 10.6 Å². The van der Waals surface area contributed by atoms with Gasteiger partial charge in [0.05, 0.1) is 11.2 Å². The first-order valence-electron chi connectivity index (χ1n) is 6.04. The number of aryl methyl sites for hydroxylation is 2. The van der Waals surface area contributed by atoms with Gasteiger partial charge in [0.25, 0.3) is 5.91 Å². The molecule has 0 radical (unpaired) electrons. The summed E-state index contributed by atoms with van der Waals surface area (Å²) in [7, 11) is 0. The van der Waals surface area contributed by atoms with Crippen molar-refractivity contribution in [1.82, 2.24) is 4.98 Å². The monoisotopic (exact) mass is 286 g/mol. The molecule has 1 amide bonds. The minimum absolute atomic E-state index is 0.163. The Morgan fingerprint density at radius 2 is 2.25 bits per heavy atom. The number of benzene rings is 1. The third kappa shape index (κ3) is 3.44. The zero-order valence-electron chi connectivity index (χ0n) is 11.2.